The van der Waals surface area contributed by atoms with Crippen LogP contribution >= 0.6 is 11.8 Å². The molecule has 0 aromatic heterocycles. The smallest absolute Gasteiger partial charge is 0.238 e. The third-order valence-electron chi connectivity index (χ3n) is 3.54. The van der Waals surface area contributed by atoms with E-state index in [4.69, 9.17) is 0 Å². The lowest BCUT2D eigenvalue weighted by molar-refractivity contribution is -0.122. The molecule has 2 heterocycles. The van der Waals surface area contributed by atoms with Gasteiger partial charge in [0.1, 0.15) is 0 Å². The number of carbonyl (C=O) groups is 2. The van der Waals surface area contributed by atoms with Gasteiger partial charge < -0.3 is 10.6 Å². The Balaban J connectivity index is 1.50. The van der Waals surface area contributed by atoms with Gasteiger partial charge in [0.05, 0.1) is 12.5 Å². The number of benzene rings is 1. The van der Waals surface area contributed by atoms with Gasteiger partial charge in [-0.15, -0.1) is 11.8 Å². The summed E-state index contributed by atoms with van der Waals surface area (Å²) in [5, 5.41) is 8.92. The van der Waals surface area contributed by atoms with Gasteiger partial charge in [-0.1, -0.05) is 12.1 Å². The minimum atomic E-state index is -0.0538. The van der Waals surface area contributed by atoms with Gasteiger partial charge in [-0.25, -0.2) is 0 Å². The summed E-state index contributed by atoms with van der Waals surface area (Å²) in [7, 11) is 0. The maximum atomic E-state index is 11.8. The molecule has 2 aliphatic rings. The highest BCUT2D eigenvalue weighted by Crippen LogP contribution is 2.23. The topological polar surface area (TPSA) is 70.2 Å². The van der Waals surface area contributed by atoms with Crippen LogP contribution in [0.5, 0.6) is 0 Å². The Morgan fingerprint density at radius 2 is 2.35 bits per heavy atom. The monoisotopic (exact) mass is 291 g/mol. The van der Waals surface area contributed by atoms with Gasteiger partial charge in [-0.2, -0.15) is 0 Å². The van der Waals surface area contributed by atoms with Crippen LogP contribution in [0.2, 0.25) is 0 Å². The number of rotatable bonds is 4. The highest BCUT2D eigenvalue weighted by molar-refractivity contribution is 7.99. The maximum Gasteiger partial charge on any atom is 0.238 e. The molecule has 0 bridgehead atoms. The van der Waals surface area contributed by atoms with Crippen LogP contribution in [0.15, 0.2) is 18.2 Å². The molecule has 0 radical (unpaired) electrons. The van der Waals surface area contributed by atoms with Crippen molar-refractivity contribution in [2.24, 2.45) is 0 Å². The van der Waals surface area contributed by atoms with E-state index in [0.717, 1.165) is 34.9 Å². The second-order valence-electron chi connectivity index (χ2n) is 5.03. The number of hydrogen-bond donors (Lipinski definition) is 3. The van der Waals surface area contributed by atoms with E-state index in [1.165, 1.54) is 0 Å². The molecule has 1 atom stereocenters. The van der Waals surface area contributed by atoms with Crippen molar-refractivity contribution in [2.75, 3.05) is 23.5 Å². The first kappa shape index (κ1) is 13.5. The number of fused-ring (bicyclic) bond motifs is 1. The van der Waals surface area contributed by atoms with Crippen LogP contribution < -0.4 is 16.0 Å². The molecule has 2 aliphatic heterocycles. The molecule has 3 N–H and O–H groups in total. The zero-order valence-corrected chi connectivity index (χ0v) is 11.9. The lowest BCUT2D eigenvalue weighted by Crippen LogP contribution is -2.42. The molecule has 2 amide bonds. The molecule has 1 saturated heterocycles. The molecule has 1 fully saturated rings. The number of carbonyl (C=O) groups excluding carboxylic acids is 2. The van der Waals surface area contributed by atoms with Crippen molar-refractivity contribution in [1.29, 1.82) is 0 Å². The van der Waals surface area contributed by atoms with Crippen molar-refractivity contribution in [2.45, 2.75) is 18.9 Å². The molecular weight excluding hydrogens is 274 g/mol. The van der Waals surface area contributed by atoms with E-state index in [9.17, 15) is 9.59 Å². The largest absolute Gasteiger partial charge is 0.354 e. The first-order valence-electron chi connectivity index (χ1n) is 6.73. The minimum Gasteiger partial charge on any atom is -0.354 e. The Morgan fingerprint density at radius 3 is 3.15 bits per heavy atom. The average molecular weight is 291 g/mol. The summed E-state index contributed by atoms with van der Waals surface area (Å²) in [6, 6.07) is 5.93. The lowest BCUT2D eigenvalue weighted by atomic mass is 10.1. The van der Waals surface area contributed by atoms with Gasteiger partial charge in [-0.05, 0) is 23.6 Å². The third-order valence-corrected chi connectivity index (χ3v) is 4.48. The predicted molar refractivity (Wildman–Crippen MR) is 79.7 cm³/mol. The zero-order valence-electron chi connectivity index (χ0n) is 11.1. The summed E-state index contributed by atoms with van der Waals surface area (Å²) in [5.41, 5.74) is 3.11. The van der Waals surface area contributed by atoms with Crippen LogP contribution in [0, 0.1) is 0 Å². The van der Waals surface area contributed by atoms with E-state index >= 15 is 0 Å². The van der Waals surface area contributed by atoms with Gasteiger partial charge >= 0.3 is 0 Å². The molecule has 3 rings (SSSR count). The summed E-state index contributed by atoms with van der Waals surface area (Å²) in [4.78, 5) is 23.1. The van der Waals surface area contributed by atoms with Crippen molar-refractivity contribution in [1.82, 2.24) is 10.6 Å². The molecule has 106 valence electrons. The first-order valence-corrected chi connectivity index (χ1v) is 7.88. The maximum absolute atomic E-state index is 11.8. The fourth-order valence-electron chi connectivity index (χ4n) is 2.45. The summed E-state index contributed by atoms with van der Waals surface area (Å²) >= 11 is 1.74. The number of anilines is 1. The lowest BCUT2D eigenvalue weighted by Gasteiger charge is -2.10. The molecule has 6 heteroatoms. The van der Waals surface area contributed by atoms with Crippen molar-refractivity contribution in [3.63, 3.8) is 0 Å². The van der Waals surface area contributed by atoms with E-state index in [0.29, 0.717) is 13.0 Å². The second kappa shape index (κ2) is 5.85. The van der Waals surface area contributed by atoms with E-state index in [1.54, 1.807) is 11.8 Å². The minimum absolute atomic E-state index is 0.0512. The van der Waals surface area contributed by atoms with Crippen LogP contribution in [0.25, 0.3) is 0 Å². The van der Waals surface area contributed by atoms with Crippen molar-refractivity contribution in [3.05, 3.63) is 29.3 Å². The Hall–Kier alpha value is -1.53. The molecule has 1 aromatic rings. The summed E-state index contributed by atoms with van der Waals surface area (Å²) in [6.45, 7) is 0.627. The quantitative estimate of drug-likeness (QED) is 0.756. The number of nitrogens with one attached hydrogen (secondary N) is 3. The highest BCUT2D eigenvalue weighted by Gasteiger charge is 2.22. The van der Waals surface area contributed by atoms with Gasteiger partial charge in [0.2, 0.25) is 11.8 Å². The Kier molecular flexibility index (Phi) is 3.93. The first-order chi connectivity index (χ1) is 9.72. The summed E-state index contributed by atoms with van der Waals surface area (Å²) in [6.07, 6.45) is 1.24. The SMILES string of the molecule is O=C1Cc2cc(CCNC(=O)C3CSCN3)ccc2N1. The standard InChI is InChI=1S/C14H17N3O2S/c18-13-6-10-5-9(1-2-11(10)17-13)3-4-15-14(19)12-7-20-8-16-12/h1-2,5,12,16H,3-4,6-8H2,(H,15,19)(H,17,18). The molecule has 1 unspecified atom stereocenters. The van der Waals surface area contributed by atoms with E-state index in [-0.39, 0.29) is 17.9 Å². The number of amides is 2. The fourth-order valence-corrected chi connectivity index (χ4v) is 3.40. The van der Waals surface area contributed by atoms with Crippen LogP contribution in [-0.4, -0.2) is 36.0 Å². The molecule has 0 spiro atoms. The molecule has 0 aliphatic carbocycles. The molecule has 5 nitrogen and oxygen atoms in total. The van der Waals surface area contributed by atoms with Gasteiger partial charge in [0.15, 0.2) is 0 Å². The third kappa shape index (κ3) is 2.96. The normalized spacial score (nSPS) is 20.6. The Bertz CT molecular complexity index is 541. The predicted octanol–water partition coefficient (Wildman–Crippen LogP) is 0.502. The molecule has 0 saturated carbocycles. The van der Waals surface area contributed by atoms with E-state index in [2.05, 4.69) is 16.0 Å². The molecular formula is C14H17N3O2S. The van der Waals surface area contributed by atoms with Crippen LogP contribution in [0.3, 0.4) is 0 Å². The highest BCUT2D eigenvalue weighted by atomic mass is 32.2. The second-order valence-corrected chi connectivity index (χ2v) is 6.06. The van der Waals surface area contributed by atoms with Crippen LogP contribution in [0.4, 0.5) is 5.69 Å². The number of thioether (sulfide) groups is 1. The van der Waals surface area contributed by atoms with Gasteiger partial charge in [-0.3, -0.25) is 14.9 Å². The summed E-state index contributed by atoms with van der Waals surface area (Å²) < 4.78 is 0. The Morgan fingerprint density at radius 1 is 1.45 bits per heavy atom. The Labute approximate surface area is 121 Å². The summed E-state index contributed by atoms with van der Waals surface area (Å²) in [5.74, 6) is 1.82. The van der Waals surface area contributed by atoms with E-state index in [1.807, 2.05) is 18.2 Å². The molecule has 1 aromatic carbocycles. The van der Waals surface area contributed by atoms with Crippen molar-refractivity contribution < 1.29 is 9.59 Å². The van der Waals surface area contributed by atoms with Crippen molar-refractivity contribution >= 4 is 29.3 Å². The van der Waals surface area contributed by atoms with Gasteiger partial charge in [0.25, 0.3) is 0 Å². The van der Waals surface area contributed by atoms with Crippen molar-refractivity contribution in [3.8, 4) is 0 Å². The number of hydrogen-bond acceptors (Lipinski definition) is 4. The fraction of sp³-hybridized carbons (Fsp3) is 0.429. The zero-order chi connectivity index (χ0) is 13.9. The van der Waals surface area contributed by atoms with Crippen LogP contribution in [-0.2, 0) is 22.4 Å². The van der Waals surface area contributed by atoms with Crippen LogP contribution in [0.1, 0.15) is 11.1 Å². The van der Waals surface area contributed by atoms with Gasteiger partial charge in [0, 0.05) is 23.9 Å². The van der Waals surface area contributed by atoms with E-state index < -0.39 is 0 Å². The molecule has 20 heavy (non-hydrogen) atoms. The average Bonchev–Trinajstić information content (AvgIpc) is 3.05.